The summed E-state index contributed by atoms with van der Waals surface area (Å²) >= 11 is 0. The lowest BCUT2D eigenvalue weighted by molar-refractivity contribution is 0.434. The van der Waals surface area contributed by atoms with Crippen LogP contribution < -0.4 is 0 Å². The Morgan fingerprint density at radius 2 is 1.47 bits per heavy atom. The minimum atomic E-state index is -1.67. The Bertz CT molecular complexity index is 209. The molecule has 15 heavy (non-hydrogen) atoms. The lowest BCUT2D eigenvalue weighted by Gasteiger charge is -2.34. The third kappa shape index (κ3) is 4.11. The molecular formula is C11H25FOSi2. The molecule has 0 rings (SSSR count). The molecule has 0 saturated heterocycles. The van der Waals surface area contributed by atoms with E-state index in [0.717, 1.165) is 24.5 Å². The second-order valence-electron chi connectivity index (χ2n) is 5.03. The molecule has 0 aliphatic heterocycles. The number of hydrogen-bond acceptors (Lipinski definition) is 1. The van der Waals surface area contributed by atoms with Gasteiger partial charge in [0.15, 0.2) is 0 Å². The van der Waals surface area contributed by atoms with Gasteiger partial charge in [-0.2, -0.15) is 0 Å². The van der Waals surface area contributed by atoms with E-state index in [0.29, 0.717) is 5.38 Å². The molecule has 0 aromatic heterocycles. The Labute approximate surface area is 95.9 Å². The van der Waals surface area contributed by atoms with Gasteiger partial charge in [0.05, 0.1) is 5.38 Å². The standard InChI is InChI=1S/C11H25FOSi2/c1-7-15(8-2,9-3)11(10-12)13-14(4,5)6/h10H,7-9H2,1-6H3/b11-10+. The summed E-state index contributed by atoms with van der Waals surface area (Å²) in [6.45, 7) is 12.8. The molecule has 90 valence electrons. The quantitative estimate of drug-likeness (QED) is 0.489. The number of halogens is 1. The van der Waals surface area contributed by atoms with Crippen LogP contribution in [0.5, 0.6) is 0 Å². The van der Waals surface area contributed by atoms with E-state index in [-0.39, 0.29) is 0 Å². The fraction of sp³-hybridized carbons (Fsp3) is 0.818. The molecule has 4 heteroatoms. The van der Waals surface area contributed by atoms with Gasteiger partial charge in [-0.15, -0.1) is 0 Å². The smallest absolute Gasteiger partial charge is 0.241 e. The summed E-state index contributed by atoms with van der Waals surface area (Å²) in [7, 11) is -3.33. The molecule has 0 amide bonds. The Morgan fingerprint density at radius 1 is 1.07 bits per heavy atom. The van der Waals surface area contributed by atoms with Crippen LogP contribution in [0.1, 0.15) is 20.8 Å². The zero-order valence-electron chi connectivity index (χ0n) is 11.0. The molecule has 0 fully saturated rings. The fourth-order valence-corrected chi connectivity index (χ4v) is 7.11. The predicted octanol–water partition coefficient (Wildman–Crippen LogP) is 4.70. The zero-order valence-corrected chi connectivity index (χ0v) is 13.0. The Morgan fingerprint density at radius 3 is 1.67 bits per heavy atom. The van der Waals surface area contributed by atoms with Gasteiger partial charge >= 0.3 is 0 Å². The Kier molecular flexibility index (Phi) is 5.81. The first kappa shape index (κ1) is 14.9. The highest BCUT2D eigenvalue weighted by atomic mass is 28.4. The topological polar surface area (TPSA) is 9.23 Å². The van der Waals surface area contributed by atoms with E-state index in [1.807, 2.05) is 0 Å². The minimum absolute atomic E-state index is 0.703. The van der Waals surface area contributed by atoms with Crippen molar-refractivity contribution in [3.63, 3.8) is 0 Å². The minimum Gasteiger partial charge on any atom is -0.549 e. The molecule has 1 nitrogen and oxygen atoms in total. The van der Waals surface area contributed by atoms with E-state index >= 15 is 0 Å². The molecule has 0 aliphatic rings. The third-order valence-corrected chi connectivity index (χ3v) is 9.42. The first-order chi connectivity index (χ1) is 6.85. The van der Waals surface area contributed by atoms with Crippen LogP contribution in [0.4, 0.5) is 4.39 Å². The first-order valence-corrected chi connectivity index (χ1v) is 11.9. The molecule has 0 aromatic rings. The molecule has 0 saturated carbocycles. The third-order valence-electron chi connectivity index (χ3n) is 3.07. The maximum absolute atomic E-state index is 13.0. The van der Waals surface area contributed by atoms with Crippen LogP contribution in [-0.4, -0.2) is 16.4 Å². The fourth-order valence-electron chi connectivity index (χ4n) is 1.85. The molecule has 0 N–H and O–H groups in total. The van der Waals surface area contributed by atoms with Crippen LogP contribution in [0, 0.1) is 0 Å². The molecule has 0 radical (unpaired) electrons. The van der Waals surface area contributed by atoms with E-state index in [1.165, 1.54) is 0 Å². The summed E-state index contributed by atoms with van der Waals surface area (Å²) in [5.41, 5.74) is 0. The molecule has 0 unspecified atom stereocenters. The summed E-state index contributed by atoms with van der Waals surface area (Å²) in [5.74, 6) is 0. The van der Waals surface area contributed by atoms with Gasteiger partial charge in [-0.1, -0.05) is 38.9 Å². The van der Waals surface area contributed by atoms with Gasteiger partial charge < -0.3 is 4.43 Å². The predicted molar refractivity (Wildman–Crippen MR) is 70.8 cm³/mol. The second kappa shape index (κ2) is 5.84. The van der Waals surface area contributed by atoms with Gasteiger partial charge in [-0.3, -0.25) is 0 Å². The zero-order chi connectivity index (χ0) is 12.1. The molecular weight excluding hydrogens is 223 g/mol. The van der Waals surface area contributed by atoms with E-state index in [9.17, 15) is 4.39 Å². The molecule has 0 atom stereocenters. The normalized spacial score (nSPS) is 14.2. The van der Waals surface area contributed by atoms with Gasteiger partial charge in [-0.05, 0) is 19.6 Å². The summed E-state index contributed by atoms with van der Waals surface area (Å²) in [6.07, 6.45) is 0.737. The van der Waals surface area contributed by atoms with Crippen LogP contribution in [0.2, 0.25) is 37.8 Å². The molecule has 0 spiro atoms. The SMILES string of the molecule is CC[Si](CC)(CC)/C(=C/F)O[Si](C)(C)C. The highest BCUT2D eigenvalue weighted by Crippen LogP contribution is 2.31. The van der Waals surface area contributed by atoms with Gasteiger partial charge in [0.1, 0.15) is 14.4 Å². The largest absolute Gasteiger partial charge is 0.549 e. The lowest BCUT2D eigenvalue weighted by atomic mass is 10.9. The average Bonchev–Trinajstić information content (AvgIpc) is 2.17. The van der Waals surface area contributed by atoms with Crippen LogP contribution in [0.25, 0.3) is 0 Å². The van der Waals surface area contributed by atoms with Crippen molar-refractivity contribution < 1.29 is 8.82 Å². The van der Waals surface area contributed by atoms with E-state index < -0.39 is 16.4 Å². The van der Waals surface area contributed by atoms with Gasteiger partial charge in [0.2, 0.25) is 8.32 Å². The average molecular weight is 248 g/mol. The van der Waals surface area contributed by atoms with Crippen molar-refractivity contribution in [3.8, 4) is 0 Å². The maximum Gasteiger partial charge on any atom is 0.241 e. The van der Waals surface area contributed by atoms with Crippen LogP contribution in [0.15, 0.2) is 11.7 Å². The number of hydrogen-bond donors (Lipinski definition) is 0. The van der Waals surface area contributed by atoms with E-state index in [1.54, 1.807) is 0 Å². The molecule has 0 aliphatic carbocycles. The Hall–Kier alpha value is -0.0962. The van der Waals surface area contributed by atoms with Crippen molar-refractivity contribution in [1.29, 1.82) is 0 Å². The van der Waals surface area contributed by atoms with Crippen molar-refractivity contribution in [2.75, 3.05) is 0 Å². The van der Waals surface area contributed by atoms with Gasteiger partial charge in [-0.25, -0.2) is 4.39 Å². The van der Waals surface area contributed by atoms with Crippen LogP contribution in [-0.2, 0) is 4.43 Å². The lowest BCUT2D eigenvalue weighted by Crippen LogP contribution is -2.40. The number of rotatable bonds is 6. The van der Waals surface area contributed by atoms with Crippen LogP contribution in [0.3, 0.4) is 0 Å². The summed E-state index contributed by atoms with van der Waals surface area (Å²) in [4.78, 5) is 0. The summed E-state index contributed by atoms with van der Waals surface area (Å²) < 4.78 is 18.9. The Balaban J connectivity index is 4.93. The molecule has 0 heterocycles. The highest BCUT2D eigenvalue weighted by molar-refractivity contribution is 6.87. The molecule has 0 bridgehead atoms. The maximum atomic E-state index is 13.0. The second-order valence-corrected chi connectivity index (χ2v) is 14.6. The van der Waals surface area contributed by atoms with Crippen molar-refractivity contribution in [2.24, 2.45) is 0 Å². The van der Waals surface area contributed by atoms with E-state index in [4.69, 9.17) is 4.43 Å². The summed E-state index contributed by atoms with van der Waals surface area (Å²) in [6, 6.07) is 3.21. The van der Waals surface area contributed by atoms with Crippen molar-refractivity contribution >= 4 is 16.4 Å². The van der Waals surface area contributed by atoms with Gasteiger partial charge in [0.25, 0.3) is 0 Å². The van der Waals surface area contributed by atoms with Crippen molar-refractivity contribution in [1.82, 2.24) is 0 Å². The monoisotopic (exact) mass is 248 g/mol. The molecule has 0 aromatic carbocycles. The van der Waals surface area contributed by atoms with Crippen molar-refractivity contribution in [3.05, 3.63) is 11.7 Å². The van der Waals surface area contributed by atoms with Gasteiger partial charge in [0, 0.05) is 0 Å². The highest BCUT2D eigenvalue weighted by Gasteiger charge is 2.36. The first-order valence-electron chi connectivity index (χ1n) is 5.85. The summed E-state index contributed by atoms with van der Waals surface area (Å²) in [5, 5.41) is 0.703. The van der Waals surface area contributed by atoms with E-state index in [2.05, 4.69) is 40.4 Å². The van der Waals surface area contributed by atoms with Crippen LogP contribution >= 0.6 is 0 Å². The van der Waals surface area contributed by atoms with Crippen molar-refractivity contribution in [2.45, 2.75) is 58.5 Å².